The van der Waals surface area contributed by atoms with Crippen molar-refractivity contribution in [2.45, 2.75) is 0 Å². The molecular weight excluding hydrogens is 606 g/mol. The van der Waals surface area contributed by atoms with Crippen molar-refractivity contribution in [3.8, 4) is 11.5 Å². The van der Waals surface area contributed by atoms with E-state index in [1.807, 2.05) is 0 Å². The minimum Gasteiger partial charge on any atom is -0.496 e. The molecule has 0 saturated heterocycles. The van der Waals surface area contributed by atoms with Crippen molar-refractivity contribution in [1.82, 2.24) is 10.3 Å². The van der Waals surface area contributed by atoms with Gasteiger partial charge >= 0.3 is 0 Å². The van der Waals surface area contributed by atoms with Crippen LogP contribution >= 0.6 is 45.2 Å². The molecule has 0 bridgehead atoms. The van der Waals surface area contributed by atoms with Gasteiger partial charge in [0.2, 0.25) is 11.6 Å². The number of rotatable bonds is 6. The number of methoxy groups -OCH3 is 2. The Morgan fingerprint density at radius 1 is 0.828 bits per heavy atom. The Morgan fingerprint density at radius 2 is 1.24 bits per heavy atom. The first kappa shape index (κ1) is 21.3. The number of amides is 2. The van der Waals surface area contributed by atoms with Gasteiger partial charge in [0.05, 0.1) is 21.4 Å². The van der Waals surface area contributed by atoms with Crippen molar-refractivity contribution in [2.75, 3.05) is 24.9 Å². The van der Waals surface area contributed by atoms with E-state index in [-0.39, 0.29) is 11.6 Å². The van der Waals surface area contributed by atoms with Gasteiger partial charge in [0.1, 0.15) is 11.5 Å². The van der Waals surface area contributed by atoms with Crippen LogP contribution in [0.15, 0.2) is 41.0 Å². The molecule has 3 aromatic rings. The maximum absolute atomic E-state index is 12.5. The fraction of sp³-hybridized carbons (Fsp3) is 0.111. The van der Waals surface area contributed by atoms with E-state index in [1.54, 1.807) is 50.6 Å². The molecule has 29 heavy (non-hydrogen) atoms. The number of nitrogens with one attached hydrogen (secondary N) is 2. The first-order valence-corrected chi connectivity index (χ1v) is 10.2. The lowest BCUT2D eigenvalue weighted by atomic mass is 10.2. The van der Waals surface area contributed by atoms with Crippen LogP contribution in [0.1, 0.15) is 20.7 Å². The Hall–Kier alpha value is -2.42. The van der Waals surface area contributed by atoms with Gasteiger partial charge in [-0.2, -0.15) is 0 Å². The van der Waals surface area contributed by atoms with Crippen LogP contribution in [-0.2, 0) is 0 Å². The van der Waals surface area contributed by atoms with Crippen molar-refractivity contribution in [3.05, 3.63) is 54.7 Å². The van der Waals surface area contributed by atoms with Crippen molar-refractivity contribution in [2.24, 2.45) is 0 Å². The highest BCUT2D eigenvalue weighted by molar-refractivity contribution is 14.1. The lowest BCUT2D eigenvalue weighted by molar-refractivity contribution is 0.101. The third-order valence-electron chi connectivity index (χ3n) is 3.78. The molecule has 1 heterocycles. The zero-order chi connectivity index (χ0) is 21.0. The average Bonchev–Trinajstić information content (AvgIpc) is 3.14. The number of carbonyl (C=O) groups is 2. The second-order valence-electron chi connectivity index (χ2n) is 5.57. The molecule has 0 aliphatic carbocycles. The SMILES string of the molecule is COc1ccc(C(=O)Nc2nonc2NC(=O)c2ccc(OC)c(I)c2)cc1I. The fourth-order valence-electron chi connectivity index (χ4n) is 2.33. The van der Waals surface area contributed by atoms with Gasteiger partial charge in [-0.05, 0) is 91.9 Å². The number of halogens is 2. The number of aromatic nitrogens is 2. The second-order valence-corrected chi connectivity index (χ2v) is 7.89. The van der Waals surface area contributed by atoms with Gasteiger partial charge in [0.25, 0.3) is 11.8 Å². The summed E-state index contributed by atoms with van der Waals surface area (Å²) in [7, 11) is 3.11. The predicted octanol–water partition coefficient (Wildman–Crippen LogP) is 3.80. The smallest absolute Gasteiger partial charge is 0.257 e. The van der Waals surface area contributed by atoms with Crippen molar-refractivity contribution in [3.63, 3.8) is 0 Å². The van der Waals surface area contributed by atoms with Crippen molar-refractivity contribution >= 4 is 68.6 Å². The number of hydrogen-bond acceptors (Lipinski definition) is 7. The Kier molecular flexibility index (Phi) is 6.89. The van der Waals surface area contributed by atoms with Crippen molar-refractivity contribution < 1.29 is 23.7 Å². The van der Waals surface area contributed by atoms with Gasteiger partial charge in [0, 0.05) is 11.1 Å². The van der Waals surface area contributed by atoms with E-state index in [9.17, 15) is 9.59 Å². The molecule has 0 fully saturated rings. The van der Waals surface area contributed by atoms with E-state index >= 15 is 0 Å². The zero-order valence-corrected chi connectivity index (χ0v) is 19.5. The summed E-state index contributed by atoms with van der Waals surface area (Å²) < 4.78 is 16.6. The highest BCUT2D eigenvalue weighted by Gasteiger charge is 2.18. The molecule has 0 saturated carbocycles. The predicted molar refractivity (Wildman–Crippen MR) is 122 cm³/mol. The molecule has 2 aromatic carbocycles. The maximum Gasteiger partial charge on any atom is 0.257 e. The summed E-state index contributed by atoms with van der Waals surface area (Å²) in [4.78, 5) is 25.0. The Morgan fingerprint density at radius 3 is 1.59 bits per heavy atom. The highest BCUT2D eigenvalue weighted by Crippen LogP contribution is 2.24. The van der Waals surface area contributed by atoms with Gasteiger partial charge in [-0.1, -0.05) is 0 Å². The number of carbonyl (C=O) groups excluding carboxylic acids is 2. The third-order valence-corrected chi connectivity index (χ3v) is 5.47. The molecule has 150 valence electrons. The molecule has 1 aromatic heterocycles. The molecular formula is C18H14I2N4O5. The van der Waals surface area contributed by atoms with Crippen LogP contribution < -0.4 is 20.1 Å². The van der Waals surface area contributed by atoms with Crippen LogP contribution in [-0.4, -0.2) is 36.3 Å². The van der Waals surface area contributed by atoms with Crippen LogP contribution in [0.3, 0.4) is 0 Å². The van der Waals surface area contributed by atoms with Crippen LogP contribution in [0.5, 0.6) is 11.5 Å². The third kappa shape index (κ3) is 4.95. The van der Waals surface area contributed by atoms with Crippen molar-refractivity contribution in [1.29, 1.82) is 0 Å². The molecule has 2 N–H and O–H groups in total. The first-order valence-electron chi connectivity index (χ1n) is 8.05. The molecule has 0 atom stereocenters. The second kappa shape index (κ2) is 9.39. The number of ether oxygens (including phenoxy) is 2. The lowest BCUT2D eigenvalue weighted by Gasteiger charge is -2.08. The molecule has 3 rings (SSSR count). The van der Waals surface area contributed by atoms with E-state index in [2.05, 4.69) is 70.8 Å². The Balaban J connectivity index is 1.74. The highest BCUT2D eigenvalue weighted by atomic mass is 127. The van der Waals surface area contributed by atoms with E-state index in [0.29, 0.717) is 22.6 Å². The minimum atomic E-state index is -0.434. The summed E-state index contributed by atoms with van der Waals surface area (Å²) in [6.45, 7) is 0. The van der Waals surface area contributed by atoms with Gasteiger partial charge in [0.15, 0.2) is 0 Å². The summed E-state index contributed by atoms with van der Waals surface area (Å²) in [5.41, 5.74) is 0.778. The Bertz CT molecular complexity index is 988. The summed E-state index contributed by atoms with van der Waals surface area (Å²) >= 11 is 4.14. The summed E-state index contributed by atoms with van der Waals surface area (Å²) in [6.07, 6.45) is 0. The van der Waals surface area contributed by atoms with E-state index in [1.165, 1.54) is 0 Å². The van der Waals surface area contributed by atoms with Crippen LogP contribution in [0, 0.1) is 7.14 Å². The quantitative estimate of drug-likeness (QED) is 0.403. The molecule has 11 heteroatoms. The molecule has 9 nitrogen and oxygen atoms in total. The zero-order valence-electron chi connectivity index (χ0n) is 15.2. The van der Waals surface area contributed by atoms with Crippen LogP contribution in [0.25, 0.3) is 0 Å². The standard InChI is InChI=1S/C18H14I2N4O5/c1-27-13-5-3-9(7-11(13)19)17(25)21-15-16(24-29-23-15)22-18(26)10-4-6-14(28-2)12(20)8-10/h3-8H,1-2H3,(H,21,23,25)(H,22,24,26). The number of nitrogens with zero attached hydrogens (tertiary/aromatic N) is 2. The lowest BCUT2D eigenvalue weighted by Crippen LogP contribution is -2.17. The largest absolute Gasteiger partial charge is 0.496 e. The fourth-order valence-corrected chi connectivity index (χ4v) is 3.80. The van der Waals surface area contributed by atoms with Gasteiger partial charge in [-0.3, -0.25) is 9.59 Å². The molecule has 0 aliphatic rings. The number of anilines is 2. The minimum absolute atomic E-state index is 0.00242. The number of benzene rings is 2. The molecule has 2 amide bonds. The number of hydrogen-bond donors (Lipinski definition) is 2. The average molecular weight is 620 g/mol. The summed E-state index contributed by atoms with van der Waals surface area (Å²) in [6, 6.07) is 9.93. The normalized spacial score (nSPS) is 10.3. The molecule has 0 spiro atoms. The van der Waals surface area contributed by atoms with Gasteiger partial charge in [-0.15, -0.1) is 0 Å². The molecule has 0 radical (unpaired) electrons. The topological polar surface area (TPSA) is 116 Å². The summed E-state index contributed by atoms with van der Waals surface area (Å²) in [5.74, 6) is 0.445. The Labute approximate surface area is 192 Å². The van der Waals surface area contributed by atoms with E-state index in [0.717, 1.165) is 7.14 Å². The van der Waals surface area contributed by atoms with E-state index in [4.69, 9.17) is 9.47 Å². The molecule has 0 unspecified atom stereocenters. The first-order chi connectivity index (χ1) is 13.9. The van der Waals surface area contributed by atoms with Gasteiger partial charge < -0.3 is 20.1 Å². The van der Waals surface area contributed by atoms with Crippen LogP contribution in [0.2, 0.25) is 0 Å². The van der Waals surface area contributed by atoms with E-state index < -0.39 is 11.8 Å². The van der Waals surface area contributed by atoms with Gasteiger partial charge in [-0.25, -0.2) is 4.63 Å². The monoisotopic (exact) mass is 620 g/mol. The summed E-state index contributed by atoms with van der Waals surface area (Å²) in [5, 5.41) is 12.4. The van der Waals surface area contributed by atoms with Crippen LogP contribution in [0.4, 0.5) is 11.6 Å². The maximum atomic E-state index is 12.5. The molecule has 0 aliphatic heterocycles.